The first kappa shape index (κ1) is 14.6. The van der Waals surface area contributed by atoms with Crippen molar-refractivity contribution in [2.75, 3.05) is 5.32 Å². The van der Waals surface area contributed by atoms with E-state index in [2.05, 4.69) is 10.3 Å². The van der Waals surface area contributed by atoms with E-state index < -0.39 is 0 Å². The first-order chi connectivity index (χ1) is 11.6. The number of nitrogens with one attached hydrogen (secondary N) is 2. The van der Waals surface area contributed by atoms with Crippen LogP contribution >= 0.6 is 0 Å². The predicted octanol–water partition coefficient (Wildman–Crippen LogP) is 2.74. The Bertz CT molecular complexity index is 898. The standard InChI is InChI=1S/C19H18N4O/c20-17(21)14-8-7-11(12-4-1-2-5-13(12)14)10-16-15-6-3-9-22-18(15)23-19(16)24/h3,6-10H,1-2,4-5H2,(H3,20,21)(H,22,23,24). The molecule has 2 aliphatic rings. The lowest BCUT2D eigenvalue weighted by molar-refractivity contribution is -0.110. The van der Waals surface area contributed by atoms with E-state index in [1.165, 1.54) is 5.56 Å². The number of amidine groups is 1. The predicted molar refractivity (Wildman–Crippen MR) is 94.8 cm³/mol. The highest BCUT2D eigenvalue weighted by Crippen LogP contribution is 2.34. The van der Waals surface area contributed by atoms with E-state index in [1.54, 1.807) is 6.20 Å². The summed E-state index contributed by atoms with van der Waals surface area (Å²) in [5.41, 5.74) is 11.4. The zero-order valence-electron chi connectivity index (χ0n) is 13.2. The first-order valence-corrected chi connectivity index (χ1v) is 8.13. The van der Waals surface area contributed by atoms with Crippen LogP contribution in [0.2, 0.25) is 0 Å². The molecular weight excluding hydrogens is 300 g/mol. The number of carbonyl (C=O) groups excluding carboxylic acids is 1. The van der Waals surface area contributed by atoms with Crippen molar-refractivity contribution in [3.63, 3.8) is 0 Å². The summed E-state index contributed by atoms with van der Waals surface area (Å²) < 4.78 is 0. The van der Waals surface area contributed by atoms with E-state index in [-0.39, 0.29) is 11.7 Å². The molecule has 2 heterocycles. The Morgan fingerprint density at radius 2 is 2.00 bits per heavy atom. The molecule has 4 rings (SSSR count). The quantitative estimate of drug-likeness (QED) is 0.451. The number of nitrogens with two attached hydrogens (primary N) is 1. The molecule has 1 amide bonds. The van der Waals surface area contributed by atoms with Gasteiger partial charge in [-0.2, -0.15) is 0 Å². The highest BCUT2D eigenvalue weighted by Gasteiger charge is 2.26. The topological polar surface area (TPSA) is 91.9 Å². The van der Waals surface area contributed by atoms with Crippen molar-refractivity contribution < 1.29 is 4.79 Å². The molecular formula is C19H18N4O. The number of rotatable bonds is 2. The van der Waals surface area contributed by atoms with Gasteiger partial charge in [-0.1, -0.05) is 12.1 Å². The summed E-state index contributed by atoms with van der Waals surface area (Å²) in [5.74, 6) is 0.604. The van der Waals surface area contributed by atoms with Crippen molar-refractivity contribution in [3.8, 4) is 0 Å². The number of amides is 1. The van der Waals surface area contributed by atoms with Crippen LogP contribution in [0, 0.1) is 5.41 Å². The molecule has 120 valence electrons. The molecule has 1 aromatic carbocycles. The average Bonchev–Trinajstić information content (AvgIpc) is 2.90. The molecule has 0 unspecified atom stereocenters. The van der Waals surface area contributed by atoms with Gasteiger partial charge in [-0.25, -0.2) is 4.98 Å². The van der Waals surface area contributed by atoms with Gasteiger partial charge in [-0.05, 0) is 60.6 Å². The molecule has 1 aliphatic heterocycles. The van der Waals surface area contributed by atoms with E-state index in [0.29, 0.717) is 11.4 Å². The minimum atomic E-state index is -0.121. The van der Waals surface area contributed by atoms with E-state index in [0.717, 1.165) is 47.9 Å². The lowest BCUT2D eigenvalue weighted by Crippen LogP contribution is -2.18. The number of hydrogen-bond donors (Lipinski definition) is 3. The van der Waals surface area contributed by atoms with Gasteiger partial charge < -0.3 is 11.1 Å². The molecule has 4 N–H and O–H groups in total. The molecule has 0 atom stereocenters. The Balaban J connectivity index is 1.86. The zero-order valence-corrected chi connectivity index (χ0v) is 13.2. The van der Waals surface area contributed by atoms with Gasteiger partial charge in [0.15, 0.2) is 0 Å². The maximum Gasteiger partial charge on any atom is 0.257 e. The number of pyridine rings is 1. The first-order valence-electron chi connectivity index (χ1n) is 8.13. The van der Waals surface area contributed by atoms with E-state index in [4.69, 9.17) is 11.1 Å². The highest BCUT2D eigenvalue weighted by molar-refractivity contribution is 6.34. The molecule has 0 radical (unpaired) electrons. The molecule has 2 aromatic rings. The summed E-state index contributed by atoms with van der Waals surface area (Å²) in [7, 11) is 0. The van der Waals surface area contributed by atoms with Gasteiger partial charge in [0.25, 0.3) is 5.91 Å². The van der Waals surface area contributed by atoms with Crippen molar-refractivity contribution in [1.82, 2.24) is 4.98 Å². The molecule has 24 heavy (non-hydrogen) atoms. The van der Waals surface area contributed by atoms with Crippen LogP contribution in [0.1, 0.15) is 40.7 Å². The van der Waals surface area contributed by atoms with Gasteiger partial charge in [0.2, 0.25) is 0 Å². The van der Waals surface area contributed by atoms with Crippen LogP contribution in [0.25, 0.3) is 11.6 Å². The zero-order chi connectivity index (χ0) is 16.7. The number of hydrogen-bond acceptors (Lipinski definition) is 3. The third-order valence-corrected chi connectivity index (χ3v) is 4.74. The van der Waals surface area contributed by atoms with Gasteiger partial charge in [-0.3, -0.25) is 10.2 Å². The number of anilines is 1. The lowest BCUT2D eigenvalue weighted by atomic mass is 9.84. The van der Waals surface area contributed by atoms with E-state index in [1.807, 2.05) is 30.3 Å². The molecule has 5 nitrogen and oxygen atoms in total. The van der Waals surface area contributed by atoms with E-state index >= 15 is 0 Å². The monoisotopic (exact) mass is 318 g/mol. The molecule has 1 aliphatic carbocycles. The number of carbonyl (C=O) groups is 1. The van der Waals surface area contributed by atoms with Crippen molar-refractivity contribution >= 4 is 29.2 Å². The van der Waals surface area contributed by atoms with Crippen LogP contribution < -0.4 is 11.1 Å². The molecule has 1 aromatic heterocycles. The third-order valence-electron chi connectivity index (χ3n) is 4.74. The summed E-state index contributed by atoms with van der Waals surface area (Å²) in [5, 5.41) is 10.6. The summed E-state index contributed by atoms with van der Waals surface area (Å²) in [4.78, 5) is 16.5. The second-order valence-corrected chi connectivity index (χ2v) is 6.19. The highest BCUT2D eigenvalue weighted by atomic mass is 16.2. The van der Waals surface area contributed by atoms with Crippen LogP contribution in [0.5, 0.6) is 0 Å². The fourth-order valence-corrected chi connectivity index (χ4v) is 3.60. The van der Waals surface area contributed by atoms with Crippen LogP contribution in [0.15, 0.2) is 30.5 Å². The molecule has 0 saturated heterocycles. The number of nitrogens with zero attached hydrogens (tertiary/aromatic N) is 1. The van der Waals surface area contributed by atoms with Crippen molar-refractivity contribution in [2.24, 2.45) is 5.73 Å². The van der Waals surface area contributed by atoms with Crippen LogP contribution in [-0.4, -0.2) is 16.7 Å². The van der Waals surface area contributed by atoms with Crippen molar-refractivity contribution in [1.29, 1.82) is 5.41 Å². The Kier molecular flexibility index (Phi) is 3.41. The van der Waals surface area contributed by atoms with Gasteiger partial charge >= 0.3 is 0 Å². The molecule has 0 fully saturated rings. The van der Waals surface area contributed by atoms with Crippen LogP contribution in [0.4, 0.5) is 5.82 Å². The number of nitrogen functional groups attached to an aromatic ring is 1. The average molecular weight is 318 g/mol. The van der Waals surface area contributed by atoms with Gasteiger partial charge in [0, 0.05) is 17.3 Å². The Hall–Kier alpha value is -2.95. The number of fused-ring (bicyclic) bond motifs is 2. The summed E-state index contributed by atoms with van der Waals surface area (Å²) >= 11 is 0. The number of benzene rings is 1. The normalized spacial score (nSPS) is 17.3. The van der Waals surface area contributed by atoms with Gasteiger partial charge in [-0.15, -0.1) is 0 Å². The largest absolute Gasteiger partial charge is 0.384 e. The molecule has 0 saturated carbocycles. The SMILES string of the molecule is N=C(N)c1ccc(C=C2C(=O)Nc3ncccc32)c2c1CCCC2. The van der Waals surface area contributed by atoms with Gasteiger partial charge in [0.05, 0.1) is 5.57 Å². The van der Waals surface area contributed by atoms with Crippen molar-refractivity contribution in [3.05, 3.63) is 58.3 Å². The van der Waals surface area contributed by atoms with Crippen LogP contribution in [-0.2, 0) is 17.6 Å². The summed E-state index contributed by atoms with van der Waals surface area (Å²) in [6.45, 7) is 0. The Morgan fingerprint density at radius 3 is 2.79 bits per heavy atom. The number of aromatic nitrogens is 1. The smallest absolute Gasteiger partial charge is 0.257 e. The molecule has 0 bridgehead atoms. The van der Waals surface area contributed by atoms with Gasteiger partial charge in [0.1, 0.15) is 11.7 Å². The fourth-order valence-electron chi connectivity index (χ4n) is 3.60. The van der Waals surface area contributed by atoms with Crippen molar-refractivity contribution in [2.45, 2.75) is 25.7 Å². The minimum absolute atomic E-state index is 0.112. The van der Waals surface area contributed by atoms with Crippen LogP contribution in [0.3, 0.4) is 0 Å². The molecule has 0 spiro atoms. The maximum absolute atomic E-state index is 12.3. The Morgan fingerprint density at radius 1 is 1.21 bits per heavy atom. The summed E-state index contributed by atoms with van der Waals surface area (Å²) in [6.07, 6.45) is 7.74. The summed E-state index contributed by atoms with van der Waals surface area (Å²) in [6, 6.07) is 7.61. The minimum Gasteiger partial charge on any atom is -0.384 e. The molecule has 5 heteroatoms. The maximum atomic E-state index is 12.3. The fraction of sp³-hybridized carbons (Fsp3) is 0.211. The lowest BCUT2D eigenvalue weighted by Gasteiger charge is -2.21. The second-order valence-electron chi connectivity index (χ2n) is 6.19. The second kappa shape index (κ2) is 5.60. The Labute approximate surface area is 140 Å². The third kappa shape index (κ3) is 2.29. The van der Waals surface area contributed by atoms with E-state index in [9.17, 15) is 4.79 Å².